The molecule has 3 nitrogen and oxygen atoms in total. The summed E-state index contributed by atoms with van der Waals surface area (Å²) < 4.78 is 13.3. The van der Waals surface area contributed by atoms with Gasteiger partial charge < -0.3 is 14.9 Å². The van der Waals surface area contributed by atoms with Crippen LogP contribution in [-0.2, 0) is 4.43 Å². The van der Waals surface area contributed by atoms with Gasteiger partial charge in [-0.15, -0.1) is 0 Å². The summed E-state index contributed by atoms with van der Waals surface area (Å²) in [7, 11) is -0.813. The second kappa shape index (κ2) is 8.70. The average Bonchev–Trinajstić information content (AvgIpc) is 2.53. The predicted octanol–water partition coefficient (Wildman–Crippen LogP) is 6.62. The first-order chi connectivity index (χ1) is 12.1. The third-order valence-electron chi connectivity index (χ3n) is 4.01. The highest BCUT2D eigenvalue weighted by Crippen LogP contribution is 2.39. The predicted molar refractivity (Wildman–Crippen MR) is 114 cm³/mol. The van der Waals surface area contributed by atoms with Crippen molar-refractivity contribution in [3.63, 3.8) is 0 Å². The van der Waals surface area contributed by atoms with E-state index in [0.29, 0.717) is 0 Å². The van der Waals surface area contributed by atoms with Crippen LogP contribution in [-0.4, -0.2) is 9.04 Å². The third kappa shape index (κ3) is 5.68. The Kier molecular flexibility index (Phi) is 7.08. The normalized spacial score (nSPS) is 14.3. The van der Waals surface area contributed by atoms with Gasteiger partial charge in [0.25, 0.3) is 0 Å². The molecular formula is C21H29BrNO2Si. The molecule has 1 radical (unpaired) electrons. The van der Waals surface area contributed by atoms with Crippen molar-refractivity contribution < 1.29 is 9.16 Å². The number of rotatable bonds is 6. The van der Waals surface area contributed by atoms with Gasteiger partial charge in [-0.2, -0.15) is 0 Å². The standard InChI is InChI=1S/C21H29BrNO2Si/c1-14(23)15-10-11-19(18(22)13-15)24-17-9-7-8-16(12-17)20(21(2,3)4)25-26(5)6/h7-14,20H,23H2,1-6H3. The molecular weight excluding hydrogens is 406 g/mol. The van der Waals surface area contributed by atoms with E-state index in [1.807, 2.05) is 37.3 Å². The van der Waals surface area contributed by atoms with Gasteiger partial charge in [-0.1, -0.05) is 39.0 Å². The van der Waals surface area contributed by atoms with Gasteiger partial charge in [0, 0.05) is 6.04 Å². The van der Waals surface area contributed by atoms with Crippen LogP contribution in [0.1, 0.15) is 51.0 Å². The molecule has 0 fully saturated rings. The van der Waals surface area contributed by atoms with Gasteiger partial charge in [-0.25, -0.2) is 0 Å². The van der Waals surface area contributed by atoms with E-state index in [0.717, 1.165) is 27.1 Å². The molecule has 0 aliphatic heterocycles. The van der Waals surface area contributed by atoms with Crippen LogP contribution in [0.25, 0.3) is 0 Å². The molecule has 0 aromatic heterocycles. The highest BCUT2D eigenvalue weighted by molar-refractivity contribution is 9.10. The molecule has 2 unspecified atom stereocenters. The maximum atomic E-state index is 6.29. The average molecular weight is 435 g/mol. The Bertz CT molecular complexity index is 741. The summed E-state index contributed by atoms with van der Waals surface area (Å²) in [6.45, 7) is 12.9. The van der Waals surface area contributed by atoms with Crippen LogP contribution in [0.3, 0.4) is 0 Å². The molecule has 2 atom stereocenters. The maximum Gasteiger partial charge on any atom is 0.205 e. The quantitative estimate of drug-likeness (QED) is 0.519. The summed E-state index contributed by atoms with van der Waals surface area (Å²) in [5, 5.41) is 0. The van der Waals surface area contributed by atoms with Gasteiger partial charge in [0.15, 0.2) is 0 Å². The lowest BCUT2D eigenvalue weighted by Crippen LogP contribution is -2.25. The zero-order valence-electron chi connectivity index (χ0n) is 16.5. The van der Waals surface area contributed by atoms with E-state index in [2.05, 4.69) is 61.9 Å². The summed E-state index contributed by atoms with van der Waals surface area (Å²) in [6.07, 6.45) is 0.0406. The molecule has 0 saturated heterocycles. The molecule has 0 aliphatic carbocycles. The summed E-state index contributed by atoms with van der Waals surface area (Å²) in [4.78, 5) is 0. The second-order valence-electron chi connectivity index (χ2n) is 7.93. The van der Waals surface area contributed by atoms with Crippen LogP contribution in [0.5, 0.6) is 11.5 Å². The second-order valence-corrected chi connectivity index (χ2v) is 10.8. The zero-order chi connectivity index (χ0) is 19.5. The maximum absolute atomic E-state index is 6.29. The lowest BCUT2D eigenvalue weighted by molar-refractivity contribution is 0.0864. The van der Waals surface area contributed by atoms with Crippen LogP contribution >= 0.6 is 15.9 Å². The molecule has 2 aromatic carbocycles. The van der Waals surface area contributed by atoms with Crippen molar-refractivity contribution >= 4 is 25.0 Å². The molecule has 2 aromatic rings. The summed E-state index contributed by atoms with van der Waals surface area (Å²) in [6, 6.07) is 14.1. The van der Waals surface area contributed by atoms with Gasteiger partial charge in [0.2, 0.25) is 9.04 Å². The molecule has 0 heterocycles. The molecule has 2 N–H and O–H groups in total. The topological polar surface area (TPSA) is 44.5 Å². The van der Waals surface area contributed by atoms with Crippen LogP contribution < -0.4 is 10.5 Å². The fourth-order valence-corrected chi connectivity index (χ4v) is 4.17. The van der Waals surface area contributed by atoms with Crippen molar-refractivity contribution in [1.29, 1.82) is 0 Å². The van der Waals surface area contributed by atoms with Gasteiger partial charge >= 0.3 is 0 Å². The molecule has 5 heteroatoms. The van der Waals surface area contributed by atoms with Crippen molar-refractivity contribution in [3.05, 3.63) is 58.1 Å². The Morgan fingerprint density at radius 2 is 1.73 bits per heavy atom. The van der Waals surface area contributed by atoms with Crippen molar-refractivity contribution in [2.45, 2.75) is 52.9 Å². The first kappa shape index (κ1) is 21.2. The van der Waals surface area contributed by atoms with E-state index in [9.17, 15) is 0 Å². The van der Waals surface area contributed by atoms with Crippen LogP contribution in [0.2, 0.25) is 13.1 Å². The SMILES string of the molecule is CC(N)c1ccc(Oc2cccc(C(O[Si](C)C)C(C)(C)C)c2)c(Br)c1. The van der Waals surface area contributed by atoms with Gasteiger partial charge in [-0.3, -0.25) is 0 Å². The Labute approximate surface area is 167 Å². The number of hydrogen-bond acceptors (Lipinski definition) is 3. The minimum atomic E-state index is -0.813. The smallest absolute Gasteiger partial charge is 0.205 e. The summed E-state index contributed by atoms with van der Waals surface area (Å²) in [5.74, 6) is 1.58. The monoisotopic (exact) mass is 434 g/mol. The van der Waals surface area contributed by atoms with Crippen molar-refractivity contribution in [2.24, 2.45) is 11.1 Å². The van der Waals surface area contributed by atoms with Gasteiger partial charge in [0.1, 0.15) is 11.5 Å². The molecule has 26 heavy (non-hydrogen) atoms. The van der Waals surface area contributed by atoms with E-state index >= 15 is 0 Å². The van der Waals surface area contributed by atoms with E-state index in [4.69, 9.17) is 14.9 Å². The largest absolute Gasteiger partial charge is 0.456 e. The lowest BCUT2D eigenvalue weighted by atomic mass is 9.85. The Morgan fingerprint density at radius 1 is 1.04 bits per heavy atom. The number of hydrogen-bond donors (Lipinski definition) is 1. The summed E-state index contributed by atoms with van der Waals surface area (Å²) in [5.41, 5.74) is 8.17. The molecule has 141 valence electrons. The number of ether oxygens (including phenoxy) is 1. The minimum absolute atomic E-state index is 0.00698. The van der Waals surface area contributed by atoms with Crippen molar-refractivity contribution in [1.82, 2.24) is 0 Å². The minimum Gasteiger partial charge on any atom is -0.456 e. The Balaban J connectivity index is 2.28. The van der Waals surface area contributed by atoms with Gasteiger partial charge in [0.05, 0.1) is 10.6 Å². The zero-order valence-corrected chi connectivity index (χ0v) is 19.1. The molecule has 0 amide bonds. The van der Waals surface area contributed by atoms with Crippen LogP contribution in [0.15, 0.2) is 46.9 Å². The van der Waals surface area contributed by atoms with E-state index in [-0.39, 0.29) is 17.6 Å². The molecule has 0 aliphatic rings. The van der Waals surface area contributed by atoms with Crippen LogP contribution in [0.4, 0.5) is 0 Å². The molecule has 0 spiro atoms. The van der Waals surface area contributed by atoms with Crippen LogP contribution in [0, 0.1) is 5.41 Å². The van der Waals surface area contributed by atoms with Gasteiger partial charge in [-0.05, 0) is 76.8 Å². The van der Waals surface area contributed by atoms with Crippen molar-refractivity contribution in [2.75, 3.05) is 0 Å². The summed E-state index contributed by atoms with van der Waals surface area (Å²) >= 11 is 3.58. The molecule has 0 saturated carbocycles. The lowest BCUT2D eigenvalue weighted by Gasteiger charge is -2.33. The van der Waals surface area contributed by atoms with E-state index in [1.165, 1.54) is 0 Å². The first-order valence-electron chi connectivity index (χ1n) is 8.87. The Morgan fingerprint density at radius 3 is 2.27 bits per heavy atom. The highest BCUT2D eigenvalue weighted by Gasteiger charge is 2.28. The fourth-order valence-electron chi connectivity index (χ4n) is 2.73. The van der Waals surface area contributed by atoms with E-state index < -0.39 is 9.04 Å². The highest BCUT2D eigenvalue weighted by atomic mass is 79.9. The first-order valence-corrected chi connectivity index (χ1v) is 12.1. The Hall–Kier alpha value is -1.14. The fraction of sp³-hybridized carbons (Fsp3) is 0.429. The number of benzene rings is 2. The van der Waals surface area contributed by atoms with Crippen molar-refractivity contribution in [3.8, 4) is 11.5 Å². The number of nitrogens with two attached hydrogens (primary N) is 1. The number of halogens is 1. The molecule has 0 bridgehead atoms. The molecule has 2 rings (SSSR count). The van der Waals surface area contributed by atoms with E-state index in [1.54, 1.807) is 0 Å². The third-order valence-corrected chi connectivity index (χ3v) is 5.34.